The molecule has 1 saturated carbocycles. The van der Waals surface area contributed by atoms with Gasteiger partial charge in [-0.25, -0.2) is 0 Å². The lowest BCUT2D eigenvalue weighted by atomic mass is 9.94. The summed E-state index contributed by atoms with van der Waals surface area (Å²) in [6.07, 6.45) is 2.13. The van der Waals surface area contributed by atoms with Gasteiger partial charge in [-0.1, -0.05) is 31.5 Å². The Morgan fingerprint density at radius 3 is 3.00 bits per heavy atom. The number of fused-ring (bicyclic) bond motifs is 2. The summed E-state index contributed by atoms with van der Waals surface area (Å²) < 4.78 is 0. The van der Waals surface area contributed by atoms with Crippen molar-refractivity contribution in [3.05, 3.63) is 29.8 Å². The maximum absolute atomic E-state index is 11.9. The van der Waals surface area contributed by atoms with Gasteiger partial charge in [-0.3, -0.25) is 4.79 Å². The zero-order valence-electron chi connectivity index (χ0n) is 8.21. The largest absolute Gasteiger partial charge is 0.325 e. The van der Waals surface area contributed by atoms with Crippen molar-refractivity contribution >= 4 is 11.6 Å². The summed E-state index contributed by atoms with van der Waals surface area (Å²) in [5, 5.41) is 2.98. The van der Waals surface area contributed by atoms with Gasteiger partial charge in [0, 0.05) is 5.69 Å². The highest BCUT2D eigenvalue weighted by Crippen LogP contribution is 2.61. The molecule has 3 rings (SSSR count). The van der Waals surface area contributed by atoms with Crippen molar-refractivity contribution in [2.75, 3.05) is 5.32 Å². The van der Waals surface area contributed by atoms with E-state index in [0.717, 1.165) is 18.5 Å². The second-order valence-electron chi connectivity index (χ2n) is 4.28. The van der Waals surface area contributed by atoms with Crippen LogP contribution in [0.3, 0.4) is 0 Å². The lowest BCUT2D eigenvalue weighted by Gasteiger charge is -2.06. The van der Waals surface area contributed by atoms with Crippen LogP contribution in [0.4, 0.5) is 5.69 Å². The van der Waals surface area contributed by atoms with Crippen LogP contribution in [0.1, 0.15) is 25.3 Å². The normalized spacial score (nSPS) is 32.9. The van der Waals surface area contributed by atoms with Crippen LogP contribution in [-0.2, 0) is 10.2 Å². The summed E-state index contributed by atoms with van der Waals surface area (Å²) in [7, 11) is 0. The summed E-state index contributed by atoms with van der Waals surface area (Å²) in [5.74, 6) is 0.775. The molecule has 1 fully saturated rings. The average Bonchev–Trinajstić information content (AvgIpc) is 2.87. The first kappa shape index (κ1) is 8.04. The molecule has 0 saturated heterocycles. The van der Waals surface area contributed by atoms with E-state index in [4.69, 9.17) is 0 Å². The zero-order chi connectivity index (χ0) is 9.76. The molecule has 0 aromatic heterocycles. The number of nitrogens with one attached hydrogen (secondary N) is 1. The van der Waals surface area contributed by atoms with E-state index < -0.39 is 0 Å². The van der Waals surface area contributed by atoms with Crippen molar-refractivity contribution in [2.45, 2.75) is 25.2 Å². The first-order chi connectivity index (χ1) is 6.79. The van der Waals surface area contributed by atoms with Crippen molar-refractivity contribution in [3.63, 3.8) is 0 Å². The quantitative estimate of drug-likeness (QED) is 0.718. The fourth-order valence-corrected chi connectivity index (χ4v) is 2.77. The molecule has 2 atom stereocenters. The lowest BCUT2D eigenvalue weighted by Crippen LogP contribution is -2.21. The van der Waals surface area contributed by atoms with E-state index in [-0.39, 0.29) is 11.3 Å². The summed E-state index contributed by atoms with van der Waals surface area (Å²) in [6, 6.07) is 8.07. The number of hydrogen-bond acceptors (Lipinski definition) is 1. The summed E-state index contributed by atoms with van der Waals surface area (Å²) in [6.45, 7) is 2.16. The van der Waals surface area contributed by atoms with Crippen molar-refractivity contribution in [3.8, 4) is 0 Å². The van der Waals surface area contributed by atoms with Crippen LogP contribution < -0.4 is 5.32 Å². The van der Waals surface area contributed by atoms with Crippen molar-refractivity contribution in [2.24, 2.45) is 5.92 Å². The number of benzene rings is 1. The monoisotopic (exact) mass is 187 g/mol. The molecule has 1 amide bonds. The van der Waals surface area contributed by atoms with Crippen molar-refractivity contribution in [1.29, 1.82) is 0 Å². The molecular formula is C12H13NO. The fourth-order valence-electron chi connectivity index (χ4n) is 2.77. The fraction of sp³-hybridized carbons (Fsp3) is 0.417. The van der Waals surface area contributed by atoms with Crippen LogP contribution in [-0.4, -0.2) is 5.91 Å². The van der Waals surface area contributed by atoms with Gasteiger partial charge < -0.3 is 5.32 Å². The number of anilines is 1. The van der Waals surface area contributed by atoms with E-state index in [9.17, 15) is 4.79 Å². The minimum Gasteiger partial charge on any atom is -0.325 e. The molecule has 2 aliphatic rings. The minimum absolute atomic E-state index is 0.147. The lowest BCUT2D eigenvalue weighted by molar-refractivity contribution is -0.118. The van der Waals surface area contributed by atoms with Gasteiger partial charge >= 0.3 is 0 Å². The number of carbonyl (C=O) groups excluding carboxylic acids is 1. The second kappa shape index (κ2) is 2.38. The van der Waals surface area contributed by atoms with E-state index in [1.54, 1.807) is 0 Å². The van der Waals surface area contributed by atoms with Gasteiger partial charge in [0.05, 0.1) is 5.41 Å². The molecule has 2 unspecified atom stereocenters. The van der Waals surface area contributed by atoms with Crippen LogP contribution in [0, 0.1) is 5.92 Å². The highest BCUT2D eigenvalue weighted by atomic mass is 16.2. The molecule has 0 radical (unpaired) electrons. The SMILES string of the molecule is CCC1CC12C(=O)Nc1ccccc12. The van der Waals surface area contributed by atoms with E-state index in [1.807, 2.05) is 18.2 Å². The van der Waals surface area contributed by atoms with E-state index in [1.165, 1.54) is 5.56 Å². The molecular weight excluding hydrogens is 174 g/mol. The van der Waals surface area contributed by atoms with E-state index >= 15 is 0 Å². The standard InChI is InChI=1S/C12H13NO/c1-2-8-7-12(8)9-5-3-4-6-10(9)13-11(12)14/h3-6,8H,2,7H2,1H3,(H,13,14). The highest BCUT2D eigenvalue weighted by Gasteiger charge is 2.63. The maximum atomic E-state index is 11.9. The number of hydrogen-bond donors (Lipinski definition) is 1. The van der Waals surface area contributed by atoms with Gasteiger partial charge in [-0.05, 0) is 24.0 Å². The third kappa shape index (κ3) is 0.746. The molecule has 1 N–H and O–H groups in total. The zero-order valence-corrected chi connectivity index (χ0v) is 8.21. The molecule has 1 aromatic carbocycles. The van der Waals surface area contributed by atoms with Crippen LogP contribution >= 0.6 is 0 Å². The smallest absolute Gasteiger partial charge is 0.235 e. The van der Waals surface area contributed by atoms with E-state index in [2.05, 4.69) is 18.3 Å². The molecule has 1 spiro atoms. The molecule has 1 aliphatic carbocycles. The molecule has 72 valence electrons. The number of para-hydroxylation sites is 1. The molecule has 14 heavy (non-hydrogen) atoms. The molecule has 2 nitrogen and oxygen atoms in total. The van der Waals surface area contributed by atoms with Gasteiger partial charge in [-0.2, -0.15) is 0 Å². The average molecular weight is 187 g/mol. The Hall–Kier alpha value is -1.31. The van der Waals surface area contributed by atoms with Gasteiger partial charge in [0.15, 0.2) is 0 Å². The first-order valence-electron chi connectivity index (χ1n) is 5.20. The summed E-state index contributed by atoms with van der Waals surface area (Å²) in [5.41, 5.74) is 2.09. The Kier molecular flexibility index (Phi) is 1.37. The molecule has 0 bridgehead atoms. The molecule has 1 aliphatic heterocycles. The molecule has 1 heterocycles. The van der Waals surface area contributed by atoms with Crippen LogP contribution in [0.25, 0.3) is 0 Å². The number of rotatable bonds is 1. The van der Waals surface area contributed by atoms with Crippen LogP contribution in [0.5, 0.6) is 0 Å². The first-order valence-corrected chi connectivity index (χ1v) is 5.20. The Bertz CT molecular complexity index is 413. The van der Waals surface area contributed by atoms with Gasteiger partial charge in [0.2, 0.25) is 5.91 Å². The topological polar surface area (TPSA) is 29.1 Å². The van der Waals surface area contributed by atoms with Crippen molar-refractivity contribution in [1.82, 2.24) is 0 Å². The predicted molar refractivity (Wildman–Crippen MR) is 55.1 cm³/mol. The van der Waals surface area contributed by atoms with Crippen molar-refractivity contribution < 1.29 is 4.79 Å². The third-order valence-corrected chi connectivity index (χ3v) is 3.66. The molecule has 2 heteroatoms. The van der Waals surface area contributed by atoms with Crippen LogP contribution in [0.2, 0.25) is 0 Å². The second-order valence-corrected chi connectivity index (χ2v) is 4.28. The Labute approximate surface area is 83.3 Å². The van der Waals surface area contributed by atoms with Gasteiger partial charge in [-0.15, -0.1) is 0 Å². The molecule has 1 aromatic rings. The Balaban J connectivity index is 2.13. The van der Waals surface area contributed by atoms with Gasteiger partial charge in [0.1, 0.15) is 0 Å². The third-order valence-electron chi connectivity index (χ3n) is 3.66. The maximum Gasteiger partial charge on any atom is 0.235 e. The van der Waals surface area contributed by atoms with Gasteiger partial charge in [0.25, 0.3) is 0 Å². The summed E-state index contributed by atoms with van der Waals surface area (Å²) >= 11 is 0. The number of amides is 1. The predicted octanol–water partition coefficient (Wildman–Crippen LogP) is 2.31. The highest BCUT2D eigenvalue weighted by molar-refractivity contribution is 6.08. The minimum atomic E-state index is -0.147. The van der Waals surface area contributed by atoms with E-state index in [0.29, 0.717) is 5.92 Å². The Morgan fingerprint density at radius 2 is 2.29 bits per heavy atom. The number of carbonyl (C=O) groups is 1. The summed E-state index contributed by atoms with van der Waals surface area (Å²) in [4.78, 5) is 11.9. The van der Waals surface area contributed by atoms with Crippen LogP contribution in [0.15, 0.2) is 24.3 Å². The Morgan fingerprint density at radius 1 is 1.50 bits per heavy atom.